The van der Waals surface area contributed by atoms with Gasteiger partial charge in [0.2, 0.25) is 0 Å². The molecule has 2 aromatic carbocycles. The van der Waals surface area contributed by atoms with E-state index in [4.69, 9.17) is 13.6 Å². The number of rotatable bonds is 4. The first-order valence-corrected chi connectivity index (χ1v) is 9.46. The maximum Gasteiger partial charge on any atom is 0.343 e. The van der Waals surface area contributed by atoms with Crippen molar-refractivity contribution in [3.05, 3.63) is 80.1 Å². The van der Waals surface area contributed by atoms with Gasteiger partial charge in [-0.3, -0.25) is 0 Å². The summed E-state index contributed by atoms with van der Waals surface area (Å²) in [6.45, 7) is 3.64. The maximum atomic E-state index is 11.9. The molecule has 0 amide bonds. The number of benzene rings is 2. The molecule has 6 heteroatoms. The van der Waals surface area contributed by atoms with Gasteiger partial charge in [0.15, 0.2) is 11.5 Å². The minimum Gasteiger partial charge on any atom is -0.507 e. The number of ether oxygens (including phenoxy) is 1. The van der Waals surface area contributed by atoms with Gasteiger partial charge in [-0.25, -0.2) is 4.79 Å². The van der Waals surface area contributed by atoms with Gasteiger partial charge >= 0.3 is 5.63 Å². The third kappa shape index (κ3) is 3.43. The molecule has 0 aliphatic rings. The molecule has 1 N–H and O–H groups in total. The number of hydrogen-bond donors (Lipinski definition) is 1. The molecule has 28 heavy (non-hydrogen) atoms. The van der Waals surface area contributed by atoms with Crippen LogP contribution in [0.1, 0.15) is 16.7 Å². The number of furan rings is 1. The first kappa shape index (κ1) is 18.4. The molecule has 2 aromatic heterocycles. The molecule has 0 atom stereocenters. The van der Waals surface area contributed by atoms with Crippen LogP contribution in [-0.4, -0.2) is 5.11 Å². The first-order chi connectivity index (χ1) is 13.4. The smallest absolute Gasteiger partial charge is 0.343 e. The zero-order chi connectivity index (χ0) is 19.8. The Hall–Kier alpha value is -2.99. The van der Waals surface area contributed by atoms with Crippen LogP contribution in [0, 0.1) is 13.8 Å². The Morgan fingerprint density at radius 3 is 2.64 bits per heavy atom. The lowest BCUT2D eigenvalue weighted by atomic mass is 10.1. The molecule has 0 aliphatic carbocycles. The number of aromatic hydroxyl groups is 1. The van der Waals surface area contributed by atoms with Crippen molar-refractivity contribution in [3.63, 3.8) is 0 Å². The standard InChI is InChI=1S/C22H17BrO5/c1-12-20(24)13(2)22(25)28-21(12)19-10-15-9-17(6-7-18(15)27-19)26-11-14-4-3-5-16(23)8-14/h3-10,24H,11H2,1-2H3. The van der Waals surface area contributed by atoms with E-state index >= 15 is 0 Å². The summed E-state index contributed by atoms with van der Waals surface area (Å²) in [4.78, 5) is 11.9. The van der Waals surface area contributed by atoms with Crippen molar-refractivity contribution in [1.82, 2.24) is 0 Å². The molecule has 142 valence electrons. The summed E-state index contributed by atoms with van der Waals surface area (Å²) in [5, 5.41) is 10.9. The van der Waals surface area contributed by atoms with E-state index in [1.54, 1.807) is 19.1 Å². The second-order valence-electron chi connectivity index (χ2n) is 6.55. The van der Waals surface area contributed by atoms with Crippen LogP contribution < -0.4 is 10.4 Å². The van der Waals surface area contributed by atoms with Crippen molar-refractivity contribution in [2.75, 3.05) is 0 Å². The van der Waals surface area contributed by atoms with Gasteiger partial charge in [-0.1, -0.05) is 28.1 Å². The van der Waals surface area contributed by atoms with Crippen LogP contribution in [0.15, 0.2) is 66.6 Å². The largest absolute Gasteiger partial charge is 0.507 e. The van der Waals surface area contributed by atoms with E-state index in [0.29, 0.717) is 29.3 Å². The highest BCUT2D eigenvalue weighted by atomic mass is 79.9. The van der Waals surface area contributed by atoms with Gasteiger partial charge in [-0.15, -0.1) is 0 Å². The zero-order valence-corrected chi connectivity index (χ0v) is 16.9. The van der Waals surface area contributed by atoms with Crippen molar-refractivity contribution in [2.24, 2.45) is 0 Å². The van der Waals surface area contributed by atoms with Crippen LogP contribution in [0.2, 0.25) is 0 Å². The molecule has 0 unspecified atom stereocenters. The van der Waals surface area contributed by atoms with Gasteiger partial charge in [0, 0.05) is 15.4 Å². The monoisotopic (exact) mass is 440 g/mol. The van der Waals surface area contributed by atoms with E-state index in [2.05, 4.69) is 15.9 Å². The van der Waals surface area contributed by atoms with E-state index in [9.17, 15) is 9.90 Å². The van der Waals surface area contributed by atoms with Gasteiger partial charge in [-0.2, -0.15) is 0 Å². The van der Waals surface area contributed by atoms with Gasteiger partial charge in [0.05, 0.1) is 5.56 Å². The third-order valence-corrected chi connectivity index (χ3v) is 5.05. The quantitative estimate of drug-likeness (QED) is 0.439. The lowest BCUT2D eigenvalue weighted by Gasteiger charge is -2.06. The summed E-state index contributed by atoms with van der Waals surface area (Å²) >= 11 is 3.45. The average molecular weight is 441 g/mol. The highest BCUT2D eigenvalue weighted by molar-refractivity contribution is 9.10. The fourth-order valence-electron chi connectivity index (χ4n) is 2.98. The Bertz CT molecular complexity index is 1240. The van der Waals surface area contributed by atoms with Crippen molar-refractivity contribution < 1.29 is 18.7 Å². The van der Waals surface area contributed by atoms with Crippen LogP contribution in [0.5, 0.6) is 11.5 Å². The van der Waals surface area contributed by atoms with Crippen LogP contribution in [0.3, 0.4) is 0 Å². The molecule has 0 bridgehead atoms. The van der Waals surface area contributed by atoms with Gasteiger partial charge in [-0.05, 0) is 55.8 Å². The zero-order valence-electron chi connectivity index (χ0n) is 15.3. The lowest BCUT2D eigenvalue weighted by Crippen LogP contribution is -2.05. The van der Waals surface area contributed by atoms with Crippen LogP contribution in [0.4, 0.5) is 0 Å². The summed E-state index contributed by atoms with van der Waals surface area (Å²) in [5.74, 6) is 1.22. The molecule has 0 saturated carbocycles. The number of fused-ring (bicyclic) bond motifs is 1. The molecule has 2 heterocycles. The fourth-order valence-corrected chi connectivity index (χ4v) is 3.43. The SMILES string of the molecule is Cc1c(-c2cc3cc(OCc4cccc(Br)c4)ccc3o2)oc(=O)c(C)c1O. The molecule has 0 fully saturated rings. The Kier molecular flexibility index (Phi) is 4.73. The second-order valence-corrected chi connectivity index (χ2v) is 7.46. The molecule has 0 saturated heterocycles. The Balaban J connectivity index is 1.65. The van der Waals surface area contributed by atoms with Crippen LogP contribution in [-0.2, 0) is 6.61 Å². The van der Waals surface area contributed by atoms with E-state index in [1.165, 1.54) is 6.92 Å². The maximum absolute atomic E-state index is 11.9. The highest BCUT2D eigenvalue weighted by Gasteiger charge is 2.18. The third-order valence-electron chi connectivity index (χ3n) is 4.56. The van der Waals surface area contributed by atoms with E-state index < -0.39 is 5.63 Å². The average Bonchev–Trinajstić information content (AvgIpc) is 3.10. The van der Waals surface area contributed by atoms with Crippen molar-refractivity contribution in [1.29, 1.82) is 0 Å². The van der Waals surface area contributed by atoms with E-state index in [0.717, 1.165) is 15.4 Å². The van der Waals surface area contributed by atoms with Crippen molar-refractivity contribution in [3.8, 4) is 23.0 Å². The molecular weight excluding hydrogens is 424 g/mol. The Labute approximate surface area is 169 Å². The summed E-state index contributed by atoms with van der Waals surface area (Å²) in [6.07, 6.45) is 0. The minimum atomic E-state index is -0.586. The number of halogens is 1. The molecule has 4 aromatic rings. The predicted molar refractivity (Wildman–Crippen MR) is 110 cm³/mol. The van der Waals surface area contributed by atoms with E-state index in [-0.39, 0.29) is 17.1 Å². The molecule has 0 aliphatic heterocycles. The summed E-state index contributed by atoms with van der Waals surface area (Å²) < 4.78 is 18.0. The highest BCUT2D eigenvalue weighted by Crippen LogP contribution is 2.34. The topological polar surface area (TPSA) is 72.8 Å². The van der Waals surface area contributed by atoms with Gasteiger partial charge in [0.25, 0.3) is 0 Å². The lowest BCUT2D eigenvalue weighted by molar-refractivity contribution is 0.306. The predicted octanol–water partition coefficient (Wildman–Crippen LogP) is 5.72. The Morgan fingerprint density at radius 2 is 1.86 bits per heavy atom. The first-order valence-electron chi connectivity index (χ1n) is 8.67. The van der Waals surface area contributed by atoms with Crippen molar-refractivity contribution in [2.45, 2.75) is 20.5 Å². The second kappa shape index (κ2) is 7.20. The summed E-state index contributed by atoms with van der Waals surface area (Å²) in [6, 6.07) is 15.2. The van der Waals surface area contributed by atoms with Gasteiger partial charge < -0.3 is 18.7 Å². The van der Waals surface area contributed by atoms with Crippen LogP contribution in [0.25, 0.3) is 22.5 Å². The molecular formula is C22H17BrO5. The molecule has 5 nitrogen and oxygen atoms in total. The normalized spacial score (nSPS) is 11.1. The van der Waals surface area contributed by atoms with Crippen LogP contribution >= 0.6 is 15.9 Å². The molecule has 4 rings (SSSR count). The summed E-state index contributed by atoms with van der Waals surface area (Å²) in [7, 11) is 0. The molecule has 0 radical (unpaired) electrons. The number of hydrogen-bond acceptors (Lipinski definition) is 5. The fraction of sp³-hybridized carbons (Fsp3) is 0.136. The Morgan fingerprint density at radius 1 is 1.04 bits per heavy atom. The van der Waals surface area contributed by atoms with Crippen molar-refractivity contribution >= 4 is 26.9 Å². The summed E-state index contributed by atoms with van der Waals surface area (Å²) in [5.41, 5.74) is 1.74. The van der Waals surface area contributed by atoms with Gasteiger partial charge in [0.1, 0.15) is 23.7 Å². The molecule has 0 spiro atoms. The van der Waals surface area contributed by atoms with E-state index in [1.807, 2.05) is 36.4 Å². The minimum absolute atomic E-state index is 0.0789.